The first kappa shape index (κ1) is 8.05. The van der Waals surface area contributed by atoms with Crippen molar-refractivity contribution in [3.63, 3.8) is 0 Å². The second kappa shape index (κ2) is 3.37. The molecule has 0 aliphatic heterocycles. The van der Waals surface area contributed by atoms with Gasteiger partial charge in [0, 0.05) is 6.42 Å². The molecule has 0 aliphatic rings. The molecule has 0 atom stereocenters. The van der Waals surface area contributed by atoms with Crippen molar-refractivity contribution >= 4 is 6.29 Å². The molecule has 1 aromatic heterocycles. The first-order valence-corrected chi connectivity index (χ1v) is 3.76. The Balaban J connectivity index is 2.65. The third-order valence-corrected chi connectivity index (χ3v) is 1.41. The molecule has 0 aliphatic carbocycles. The van der Waals surface area contributed by atoms with Crippen molar-refractivity contribution < 1.29 is 9.21 Å². The SMILES string of the molecule is CC(C)Cc1ccc(C=O)o1. The highest BCUT2D eigenvalue weighted by Gasteiger charge is 2.02. The molecule has 0 saturated heterocycles. The molecule has 0 N–H and O–H groups in total. The molecule has 0 spiro atoms. The summed E-state index contributed by atoms with van der Waals surface area (Å²) < 4.78 is 5.18. The van der Waals surface area contributed by atoms with Crippen LogP contribution in [0.5, 0.6) is 0 Å². The Morgan fingerprint density at radius 1 is 1.55 bits per heavy atom. The van der Waals surface area contributed by atoms with Crippen LogP contribution in [0.3, 0.4) is 0 Å². The van der Waals surface area contributed by atoms with Crippen molar-refractivity contribution in [2.75, 3.05) is 0 Å². The van der Waals surface area contributed by atoms with Gasteiger partial charge in [-0.15, -0.1) is 0 Å². The summed E-state index contributed by atoms with van der Waals surface area (Å²) in [7, 11) is 0. The summed E-state index contributed by atoms with van der Waals surface area (Å²) in [5, 5.41) is 0. The Kier molecular flexibility index (Phi) is 2.47. The number of rotatable bonds is 3. The van der Waals surface area contributed by atoms with Crippen LogP contribution in [0.4, 0.5) is 0 Å². The molecular weight excluding hydrogens is 140 g/mol. The van der Waals surface area contributed by atoms with Gasteiger partial charge < -0.3 is 4.42 Å². The van der Waals surface area contributed by atoms with Gasteiger partial charge in [-0.3, -0.25) is 4.79 Å². The molecule has 1 rings (SSSR count). The molecule has 0 saturated carbocycles. The minimum Gasteiger partial charge on any atom is -0.458 e. The summed E-state index contributed by atoms with van der Waals surface area (Å²) in [5.41, 5.74) is 0. The van der Waals surface area contributed by atoms with E-state index in [4.69, 9.17) is 4.42 Å². The van der Waals surface area contributed by atoms with Gasteiger partial charge in [-0.1, -0.05) is 13.8 Å². The molecule has 0 bridgehead atoms. The number of hydrogen-bond acceptors (Lipinski definition) is 2. The van der Waals surface area contributed by atoms with Crippen molar-refractivity contribution in [1.29, 1.82) is 0 Å². The average Bonchev–Trinajstić information content (AvgIpc) is 2.34. The topological polar surface area (TPSA) is 30.2 Å². The minimum atomic E-state index is 0.417. The molecule has 0 unspecified atom stereocenters. The Hall–Kier alpha value is -1.05. The Labute approximate surface area is 66.2 Å². The number of furan rings is 1. The van der Waals surface area contributed by atoms with Crippen LogP contribution in [0.15, 0.2) is 16.5 Å². The quantitative estimate of drug-likeness (QED) is 0.622. The van der Waals surface area contributed by atoms with Gasteiger partial charge in [0.25, 0.3) is 0 Å². The van der Waals surface area contributed by atoms with Crippen molar-refractivity contribution in [3.05, 3.63) is 23.7 Å². The maximum Gasteiger partial charge on any atom is 0.185 e. The first-order chi connectivity index (χ1) is 5.22. The monoisotopic (exact) mass is 152 g/mol. The zero-order chi connectivity index (χ0) is 8.27. The molecule has 0 radical (unpaired) electrons. The summed E-state index contributed by atoms with van der Waals surface area (Å²) in [5.74, 6) is 1.88. The summed E-state index contributed by atoms with van der Waals surface area (Å²) in [6.45, 7) is 4.23. The average molecular weight is 152 g/mol. The molecule has 2 nitrogen and oxygen atoms in total. The van der Waals surface area contributed by atoms with Crippen molar-refractivity contribution in [3.8, 4) is 0 Å². The lowest BCUT2D eigenvalue weighted by Crippen LogP contribution is -1.90. The lowest BCUT2D eigenvalue weighted by Gasteiger charge is -1.98. The van der Waals surface area contributed by atoms with Gasteiger partial charge in [0.1, 0.15) is 5.76 Å². The Morgan fingerprint density at radius 3 is 2.73 bits per heavy atom. The van der Waals surface area contributed by atoms with Crippen LogP contribution < -0.4 is 0 Å². The fourth-order valence-electron chi connectivity index (χ4n) is 0.970. The van der Waals surface area contributed by atoms with E-state index in [1.807, 2.05) is 6.07 Å². The fraction of sp³-hybridized carbons (Fsp3) is 0.444. The molecule has 2 heteroatoms. The molecule has 60 valence electrons. The highest BCUT2D eigenvalue weighted by Crippen LogP contribution is 2.10. The fourth-order valence-corrected chi connectivity index (χ4v) is 0.970. The zero-order valence-corrected chi connectivity index (χ0v) is 6.83. The van der Waals surface area contributed by atoms with Crippen LogP contribution in [0.25, 0.3) is 0 Å². The Bertz CT molecular complexity index is 235. The van der Waals surface area contributed by atoms with Crippen LogP contribution in [0, 0.1) is 5.92 Å². The smallest absolute Gasteiger partial charge is 0.185 e. The Morgan fingerprint density at radius 2 is 2.27 bits per heavy atom. The van der Waals surface area contributed by atoms with Gasteiger partial charge in [0.15, 0.2) is 12.0 Å². The van der Waals surface area contributed by atoms with Crippen LogP contribution in [-0.2, 0) is 6.42 Å². The van der Waals surface area contributed by atoms with E-state index in [0.717, 1.165) is 18.5 Å². The highest BCUT2D eigenvalue weighted by atomic mass is 16.3. The molecule has 1 heterocycles. The minimum absolute atomic E-state index is 0.417. The molecule has 0 fully saturated rings. The second-order valence-corrected chi connectivity index (χ2v) is 3.02. The molecular formula is C9H12O2. The van der Waals surface area contributed by atoms with Gasteiger partial charge in [-0.25, -0.2) is 0 Å². The molecule has 0 amide bonds. The van der Waals surface area contributed by atoms with E-state index < -0.39 is 0 Å². The molecule has 1 aromatic rings. The van der Waals surface area contributed by atoms with E-state index in [-0.39, 0.29) is 0 Å². The van der Waals surface area contributed by atoms with E-state index in [9.17, 15) is 4.79 Å². The van der Waals surface area contributed by atoms with Gasteiger partial charge in [0.2, 0.25) is 0 Å². The summed E-state index contributed by atoms with van der Waals surface area (Å²) in [6.07, 6.45) is 1.62. The second-order valence-electron chi connectivity index (χ2n) is 3.02. The number of hydrogen-bond donors (Lipinski definition) is 0. The predicted molar refractivity (Wildman–Crippen MR) is 42.6 cm³/mol. The highest BCUT2D eigenvalue weighted by molar-refractivity contribution is 5.70. The van der Waals surface area contributed by atoms with Gasteiger partial charge >= 0.3 is 0 Å². The van der Waals surface area contributed by atoms with Crippen LogP contribution in [0.1, 0.15) is 30.2 Å². The van der Waals surface area contributed by atoms with Crippen molar-refractivity contribution in [2.24, 2.45) is 5.92 Å². The molecule has 11 heavy (non-hydrogen) atoms. The van der Waals surface area contributed by atoms with E-state index in [1.165, 1.54) is 0 Å². The number of carbonyl (C=O) groups is 1. The van der Waals surface area contributed by atoms with Crippen LogP contribution in [-0.4, -0.2) is 6.29 Å². The summed E-state index contributed by atoms with van der Waals surface area (Å²) in [6, 6.07) is 3.55. The lowest BCUT2D eigenvalue weighted by atomic mass is 10.1. The normalized spacial score (nSPS) is 10.5. The maximum atomic E-state index is 10.2. The maximum absolute atomic E-state index is 10.2. The van der Waals surface area contributed by atoms with Crippen LogP contribution in [0.2, 0.25) is 0 Å². The standard InChI is InChI=1S/C9H12O2/c1-7(2)5-8-3-4-9(6-10)11-8/h3-4,6-7H,5H2,1-2H3. The van der Waals surface area contributed by atoms with Gasteiger partial charge in [-0.2, -0.15) is 0 Å². The summed E-state index contributed by atoms with van der Waals surface area (Å²) in [4.78, 5) is 10.2. The first-order valence-electron chi connectivity index (χ1n) is 3.76. The number of aldehydes is 1. The van der Waals surface area contributed by atoms with E-state index in [0.29, 0.717) is 11.7 Å². The van der Waals surface area contributed by atoms with E-state index >= 15 is 0 Å². The number of carbonyl (C=O) groups excluding carboxylic acids is 1. The third kappa shape index (κ3) is 2.22. The van der Waals surface area contributed by atoms with E-state index in [2.05, 4.69) is 13.8 Å². The zero-order valence-electron chi connectivity index (χ0n) is 6.83. The lowest BCUT2D eigenvalue weighted by molar-refractivity contribution is 0.109. The largest absolute Gasteiger partial charge is 0.458 e. The van der Waals surface area contributed by atoms with Crippen molar-refractivity contribution in [1.82, 2.24) is 0 Å². The molecule has 0 aromatic carbocycles. The van der Waals surface area contributed by atoms with E-state index in [1.54, 1.807) is 6.07 Å². The van der Waals surface area contributed by atoms with Crippen molar-refractivity contribution in [2.45, 2.75) is 20.3 Å². The van der Waals surface area contributed by atoms with Crippen LogP contribution >= 0.6 is 0 Å². The predicted octanol–water partition coefficient (Wildman–Crippen LogP) is 2.29. The van der Waals surface area contributed by atoms with Gasteiger partial charge in [-0.05, 0) is 18.1 Å². The third-order valence-electron chi connectivity index (χ3n) is 1.41. The summed E-state index contributed by atoms with van der Waals surface area (Å²) >= 11 is 0. The van der Waals surface area contributed by atoms with Gasteiger partial charge in [0.05, 0.1) is 0 Å².